The van der Waals surface area contributed by atoms with E-state index in [1.54, 1.807) is 0 Å². The number of methoxy groups -OCH3 is 2. The van der Waals surface area contributed by atoms with Crippen molar-refractivity contribution in [3.63, 3.8) is 0 Å². The van der Waals surface area contributed by atoms with Crippen LogP contribution in [0.4, 0.5) is 4.79 Å². The zero-order valence-corrected chi connectivity index (χ0v) is 29.6. The fourth-order valence-corrected chi connectivity index (χ4v) is 8.79. The number of amides is 1. The van der Waals surface area contributed by atoms with Crippen LogP contribution in [0.2, 0.25) is 18.1 Å². The van der Waals surface area contributed by atoms with E-state index in [1.807, 2.05) is 67.6 Å². The number of unbranched alkanes of at least 4 members (excludes halogenated alkanes) is 1. The number of hydrogen-bond donors (Lipinski definition) is 1. The minimum absolute atomic E-state index is 0.190. The fraction of sp³-hybridized carbons (Fsp3) is 0.611. The summed E-state index contributed by atoms with van der Waals surface area (Å²) in [5.41, 5.74) is 2.09. The average molecular weight is 644 g/mol. The molecule has 2 aromatic rings. The molecule has 0 heterocycles. The molecule has 0 unspecified atom stereocenters. The molecule has 0 spiro atoms. The summed E-state index contributed by atoms with van der Waals surface area (Å²) in [5, 5.41) is 2.97. The van der Waals surface area contributed by atoms with Crippen molar-refractivity contribution in [3.8, 4) is 0 Å². The van der Waals surface area contributed by atoms with Gasteiger partial charge in [-0.25, -0.2) is 4.79 Å². The van der Waals surface area contributed by atoms with Crippen molar-refractivity contribution in [2.75, 3.05) is 20.8 Å². The molecule has 0 aliphatic heterocycles. The van der Waals surface area contributed by atoms with Gasteiger partial charge >= 0.3 is 12.1 Å². The summed E-state index contributed by atoms with van der Waals surface area (Å²) in [6.07, 6.45) is 1.99. The number of nitrogens with one attached hydrogen (secondary N) is 1. The molecule has 8 nitrogen and oxygen atoms in total. The second-order valence-electron chi connectivity index (χ2n) is 11.9. The van der Waals surface area contributed by atoms with Crippen LogP contribution in [0.25, 0.3) is 0 Å². The van der Waals surface area contributed by atoms with Crippen molar-refractivity contribution < 1.29 is 33.0 Å². The SMILES string of the molecule is CCCC[C@H](O[Si](CC)(CC)CC)[C@H](C[C@H](NC(=O)OC)[C@H](C(=O)OC)[C@H](C)COCc1ccccc1)OCc1ccccc1. The monoisotopic (exact) mass is 643 g/mol. The molecule has 0 radical (unpaired) electrons. The van der Waals surface area contributed by atoms with Crippen LogP contribution in [0.1, 0.15) is 71.4 Å². The van der Waals surface area contributed by atoms with Gasteiger partial charge < -0.3 is 28.7 Å². The second-order valence-corrected chi connectivity index (χ2v) is 16.6. The minimum Gasteiger partial charge on any atom is -0.469 e. The molecule has 0 bridgehead atoms. The summed E-state index contributed by atoms with van der Waals surface area (Å²) in [6.45, 7) is 11.9. The summed E-state index contributed by atoms with van der Waals surface area (Å²) in [5.74, 6) is -1.40. The number of hydrogen-bond acceptors (Lipinski definition) is 7. The molecule has 9 heteroatoms. The Hall–Kier alpha value is -2.72. The van der Waals surface area contributed by atoms with Gasteiger partial charge in [0.2, 0.25) is 0 Å². The van der Waals surface area contributed by atoms with Gasteiger partial charge in [0.1, 0.15) is 0 Å². The summed E-state index contributed by atoms with van der Waals surface area (Å²) in [6, 6.07) is 22.3. The fourth-order valence-electron chi connectivity index (χ4n) is 5.88. The van der Waals surface area contributed by atoms with Crippen LogP contribution in [-0.4, -0.2) is 59.5 Å². The lowest BCUT2D eigenvalue weighted by atomic mass is 9.83. The lowest BCUT2D eigenvalue weighted by Crippen LogP contribution is -2.52. The predicted molar refractivity (Wildman–Crippen MR) is 181 cm³/mol. The number of alkyl carbamates (subject to hydrolysis) is 1. The third-order valence-electron chi connectivity index (χ3n) is 8.89. The van der Waals surface area contributed by atoms with E-state index in [-0.39, 0.29) is 18.1 Å². The molecule has 0 saturated carbocycles. The molecular formula is C36H57NO7Si. The Labute approximate surface area is 272 Å². The molecular weight excluding hydrogens is 586 g/mol. The Bertz CT molecular complexity index is 1080. The van der Waals surface area contributed by atoms with Crippen LogP contribution < -0.4 is 5.32 Å². The minimum atomic E-state index is -2.02. The third kappa shape index (κ3) is 12.9. The van der Waals surface area contributed by atoms with Gasteiger partial charge in [0, 0.05) is 6.04 Å². The van der Waals surface area contributed by atoms with Gasteiger partial charge in [-0.15, -0.1) is 0 Å². The highest BCUT2D eigenvalue weighted by atomic mass is 28.4. The molecule has 5 atom stereocenters. The summed E-state index contributed by atoms with van der Waals surface area (Å²) >= 11 is 0. The largest absolute Gasteiger partial charge is 0.469 e. The van der Waals surface area contributed by atoms with E-state index in [1.165, 1.54) is 14.2 Å². The summed E-state index contributed by atoms with van der Waals surface area (Å²) in [7, 11) is 0.680. The molecule has 0 fully saturated rings. The molecule has 1 N–H and O–H groups in total. The van der Waals surface area contributed by atoms with Gasteiger partial charge in [0.25, 0.3) is 0 Å². The van der Waals surface area contributed by atoms with Crippen LogP contribution in [-0.2, 0) is 41.4 Å². The molecule has 0 aliphatic rings. The smallest absolute Gasteiger partial charge is 0.407 e. The maximum Gasteiger partial charge on any atom is 0.407 e. The normalized spacial score (nSPS) is 15.0. The highest BCUT2D eigenvalue weighted by molar-refractivity contribution is 6.73. The molecule has 1 amide bonds. The second kappa shape index (κ2) is 21.1. The highest BCUT2D eigenvalue weighted by Gasteiger charge is 2.41. The molecule has 0 aromatic heterocycles. The lowest BCUT2D eigenvalue weighted by Gasteiger charge is -2.39. The highest BCUT2D eigenvalue weighted by Crippen LogP contribution is 2.31. The van der Waals surface area contributed by atoms with E-state index in [4.69, 9.17) is 23.4 Å². The Morgan fingerprint density at radius 2 is 1.38 bits per heavy atom. The molecule has 2 aromatic carbocycles. The number of ether oxygens (including phenoxy) is 4. The van der Waals surface area contributed by atoms with Gasteiger partial charge in [0.15, 0.2) is 8.32 Å². The summed E-state index contributed by atoms with van der Waals surface area (Å²) < 4.78 is 30.3. The zero-order chi connectivity index (χ0) is 33.1. The van der Waals surface area contributed by atoms with Gasteiger partial charge in [-0.1, -0.05) is 108 Å². The standard InChI is InChI=1S/C36H57NO7Si/c1-8-12-23-32(44-45(9-2,10-3)11-4)33(43-27-30-21-17-14-18-22-30)24-31(37-36(39)41-7)34(35(38)40-6)28(5)25-42-26-29-19-15-13-16-20-29/h13-22,28,31-34H,8-12,23-27H2,1-7H3,(H,37,39)/t28-,31+,32+,33+,34-/m1/s1. The number of rotatable bonds is 22. The van der Waals surface area contributed by atoms with Crippen LogP contribution in [0.15, 0.2) is 60.7 Å². The summed E-state index contributed by atoms with van der Waals surface area (Å²) in [4.78, 5) is 26.2. The molecule has 45 heavy (non-hydrogen) atoms. The molecule has 2 rings (SSSR count). The van der Waals surface area contributed by atoms with Gasteiger partial charge in [-0.3, -0.25) is 4.79 Å². The molecule has 252 valence electrons. The Balaban J connectivity index is 2.46. The molecule has 0 aliphatic carbocycles. The van der Waals surface area contributed by atoms with Crippen molar-refractivity contribution >= 4 is 20.4 Å². The zero-order valence-electron chi connectivity index (χ0n) is 28.6. The lowest BCUT2D eigenvalue weighted by molar-refractivity contribution is -0.150. The van der Waals surface area contributed by atoms with Crippen molar-refractivity contribution in [2.24, 2.45) is 11.8 Å². The van der Waals surface area contributed by atoms with Crippen molar-refractivity contribution in [3.05, 3.63) is 71.8 Å². The first-order valence-electron chi connectivity index (χ1n) is 16.6. The number of esters is 1. The van der Waals surface area contributed by atoms with E-state index in [2.05, 4.69) is 33.0 Å². The van der Waals surface area contributed by atoms with Gasteiger partial charge in [-0.05, 0) is 48.0 Å². The first kappa shape index (κ1) is 38.5. The van der Waals surface area contributed by atoms with Gasteiger partial charge in [-0.2, -0.15) is 0 Å². The maximum atomic E-state index is 13.4. The van der Waals surface area contributed by atoms with Gasteiger partial charge in [0.05, 0.1) is 52.2 Å². The van der Waals surface area contributed by atoms with Crippen LogP contribution >= 0.6 is 0 Å². The van der Waals surface area contributed by atoms with Crippen molar-refractivity contribution in [1.82, 2.24) is 5.32 Å². The number of benzene rings is 2. The number of carbonyl (C=O) groups is 2. The Kier molecular flexibility index (Phi) is 18.1. The van der Waals surface area contributed by atoms with E-state index in [0.717, 1.165) is 48.5 Å². The van der Waals surface area contributed by atoms with Crippen LogP contribution in [0, 0.1) is 11.8 Å². The number of carbonyl (C=O) groups excluding carboxylic acids is 2. The Morgan fingerprint density at radius 1 is 0.800 bits per heavy atom. The first-order valence-corrected chi connectivity index (χ1v) is 19.2. The average Bonchev–Trinajstić information content (AvgIpc) is 3.07. The Morgan fingerprint density at radius 3 is 1.89 bits per heavy atom. The van der Waals surface area contributed by atoms with E-state index in [9.17, 15) is 9.59 Å². The first-order chi connectivity index (χ1) is 21.8. The van der Waals surface area contributed by atoms with Crippen LogP contribution in [0.3, 0.4) is 0 Å². The predicted octanol–water partition coefficient (Wildman–Crippen LogP) is 7.91. The van der Waals surface area contributed by atoms with Crippen molar-refractivity contribution in [2.45, 2.75) is 110 Å². The maximum absolute atomic E-state index is 13.4. The third-order valence-corrected chi connectivity index (χ3v) is 13.6. The van der Waals surface area contributed by atoms with E-state index < -0.39 is 32.3 Å². The van der Waals surface area contributed by atoms with Crippen LogP contribution in [0.5, 0.6) is 0 Å². The van der Waals surface area contributed by atoms with E-state index >= 15 is 0 Å². The van der Waals surface area contributed by atoms with E-state index in [0.29, 0.717) is 26.2 Å². The van der Waals surface area contributed by atoms with Crippen molar-refractivity contribution in [1.29, 1.82) is 0 Å². The topological polar surface area (TPSA) is 92.3 Å². The molecule has 0 saturated heterocycles. The quantitative estimate of drug-likeness (QED) is 0.103.